The Morgan fingerprint density at radius 2 is 1.89 bits per heavy atom. The molecule has 8 nitrogen and oxygen atoms in total. The van der Waals surface area contributed by atoms with Gasteiger partial charge in [-0.25, -0.2) is 4.52 Å². The lowest BCUT2D eigenvalue weighted by molar-refractivity contribution is -0.123. The van der Waals surface area contributed by atoms with Crippen molar-refractivity contribution in [2.45, 2.75) is 65.5 Å². The van der Waals surface area contributed by atoms with Crippen molar-refractivity contribution in [2.75, 3.05) is 26.2 Å². The van der Waals surface area contributed by atoms with Gasteiger partial charge < -0.3 is 15.0 Å². The highest BCUT2D eigenvalue weighted by molar-refractivity contribution is 5.85. The number of rotatable bonds is 8. The van der Waals surface area contributed by atoms with Crippen LogP contribution < -0.4 is 15.6 Å². The maximum Gasteiger partial charge on any atom is 0.277 e. The summed E-state index contributed by atoms with van der Waals surface area (Å²) in [4.78, 5) is 28.8. The van der Waals surface area contributed by atoms with Crippen LogP contribution in [0.1, 0.15) is 52.0 Å². The lowest BCUT2D eigenvalue weighted by Crippen LogP contribution is -2.43. The second-order valence-corrected chi connectivity index (χ2v) is 10.5. The number of hydrogen-bond donors (Lipinski definition) is 1. The number of amides is 1. The van der Waals surface area contributed by atoms with Crippen LogP contribution in [-0.2, 0) is 11.3 Å². The van der Waals surface area contributed by atoms with Crippen molar-refractivity contribution in [1.82, 2.24) is 24.4 Å². The first kappa shape index (κ1) is 27.7. The predicted molar refractivity (Wildman–Crippen MR) is 145 cm³/mol. The Morgan fingerprint density at radius 1 is 1.14 bits per heavy atom. The molecule has 0 unspecified atom stereocenters. The van der Waals surface area contributed by atoms with Gasteiger partial charge in [-0.2, -0.15) is 0 Å². The molecule has 1 aromatic carbocycles. The molecule has 0 spiro atoms. The molecule has 1 N–H and O–H groups in total. The minimum absolute atomic E-state index is 0. The summed E-state index contributed by atoms with van der Waals surface area (Å²) in [5, 5.41) is 7.46. The van der Waals surface area contributed by atoms with E-state index >= 15 is 0 Å². The second kappa shape index (κ2) is 11.9. The van der Waals surface area contributed by atoms with E-state index in [2.05, 4.69) is 15.3 Å². The quantitative estimate of drug-likeness (QED) is 0.457. The number of benzene rings is 1. The number of carbonyl (C=O) groups excluding carboxylic acids is 1. The third-order valence-corrected chi connectivity index (χ3v) is 6.16. The Bertz CT molecular complexity index is 1240. The summed E-state index contributed by atoms with van der Waals surface area (Å²) in [5.41, 5.74) is 2.28. The lowest BCUT2D eigenvalue weighted by atomic mass is 10.1. The van der Waals surface area contributed by atoms with E-state index < -0.39 is 0 Å². The Balaban J connectivity index is 0.00000361. The molecular formula is C27H38ClN5O3. The van der Waals surface area contributed by atoms with Gasteiger partial charge in [-0.3, -0.25) is 14.2 Å². The van der Waals surface area contributed by atoms with Crippen LogP contribution in [0.15, 0.2) is 41.3 Å². The average molecular weight is 516 g/mol. The molecule has 1 aliphatic rings. The summed E-state index contributed by atoms with van der Waals surface area (Å²) in [6.07, 6.45) is 6.59. The van der Waals surface area contributed by atoms with Crippen molar-refractivity contribution in [2.24, 2.45) is 0 Å². The third-order valence-electron chi connectivity index (χ3n) is 6.16. The number of nitrogens with zero attached hydrogens (tertiary/aromatic N) is 4. The molecule has 9 heteroatoms. The molecule has 0 saturated carbocycles. The standard InChI is InChI=1S/C27H37N5O3.ClH/c1-20-10-8-11-21(16-20)23-18-32-22(26(34)31(23)19-24(33)28-27(2,3)4)17-25(29-32)35-15-9-14-30-12-6-5-7-13-30;/h8,10-11,16-18H,5-7,9,12-15,19H2,1-4H3,(H,28,33);1H. The monoisotopic (exact) mass is 515 g/mol. The largest absolute Gasteiger partial charge is 0.477 e. The van der Waals surface area contributed by atoms with Gasteiger partial charge in [-0.05, 0) is 66.1 Å². The molecule has 1 fully saturated rings. The van der Waals surface area contributed by atoms with Crippen LogP contribution in [0.5, 0.6) is 5.88 Å². The third kappa shape index (κ3) is 7.11. The molecule has 3 heterocycles. The smallest absolute Gasteiger partial charge is 0.277 e. The Labute approximate surface area is 219 Å². The van der Waals surface area contributed by atoms with Crippen LogP contribution in [0, 0.1) is 6.92 Å². The summed E-state index contributed by atoms with van der Waals surface area (Å²) < 4.78 is 8.99. The van der Waals surface area contributed by atoms with E-state index in [0.717, 1.165) is 24.1 Å². The first-order valence-corrected chi connectivity index (χ1v) is 12.6. The Kier molecular flexibility index (Phi) is 9.19. The molecule has 0 bridgehead atoms. The molecule has 2 aromatic heterocycles. The Morgan fingerprint density at radius 3 is 2.58 bits per heavy atom. The summed E-state index contributed by atoms with van der Waals surface area (Å²) in [7, 11) is 0. The highest BCUT2D eigenvalue weighted by atomic mass is 35.5. The summed E-state index contributed by atoms with van der Waals surface area (Å²) in [6, 6.07) is 9.55. The molecule has 4 rings (SSSR count). The van der Waals surface area contributed by atoms with Gasteiger partial charge in [0, 0.05) is 23.7 Å². The summed E-state index contributed by atoms with van der Waals surface area (Å²) in [5.74, 6) is 0.208. The van der Waals surface area contributed by atoms with Gasteiger partial charge in [0.15, 0.2) is 0 Å². The first-order chi connectivity index (χ1) is 16.7. The molecule has 0 radical (unpaired) electrons. The van der Waals surface area contributed by atoms with Crippen molar-refractivity contribution < 1.29 is 9.53 Å². The topological polar surface area (TPSA) is 80.9 Å². The van der Waals surface area contributed by atoms with Crippen LogP contribution in [0.4, 0.5) is 0 Å². The summed E-state index contributed by atoms with van der Waals surface area (Å²) >= 11 is 0. The number of ether oxygens (including phenoxy) is 1. The van der Waals surface area contributed by atoms with Crippen LogP contribution in [0.25, 0.3) is 16.8 Å². The van der Waals surface area contributed by atoms with Crippen LogP contribution in [-0.4, -0.2) is 56.8 Å². The van der Waals surface area contributed by atoms with E-state index in [1.165, 1.54) is 36.9 Å². The minimum atomic E-state index is -0.389. The fraction of sp³-hybridized carbons (Fsp3) is 0.519. The number of fused-ring (bicyclic) bond motifs is 1. The fourth-order valence-corrected chi connectivity index (χ4v) is 4.57. The fourth-order valence-electron chi connectivity index (χ4n) is 4.57. The maximum absolute atomic E-state index is 13.5. The van der Waals surface area contributed by atoms with Crippen molar-refractivity contribution in [3.05, 3.63) is 52.4 Å². The number of nitrogens with one attached hydrogen (secondary N) is 1. The highest BCUT2D eigenvalue weighted by Gasteiger charge is 2.19. The molecular weight excluding hydrogens is 478 g/mol. The zero-order valence-corrected chi connectivity index (χ0v) is 22.6. The van der Waals surface area contributed by atoms with E-state index in [1.54, 1.807) is 16.8 Å². The molecule has 1 aliphatic heterocycles. The first-order valence-electron chi connectivity index (χ1n) is 12.6. The normalized spacial score (nSPS) is 14.4. The molecule has 196 valence electrons. The highest BCUT2D eigenvalue weighted by Crippen LogP contribution is 2.21. The molecule has 0 aliphatic carbocycles. The van der Waals surface area contributed by atoms with Gasteiger partial charge in [0.2, 0.25) is 11.8 Å². The number of piperidine rings is 1. The van der Waals surface area contributed by atoms with Crippen molar-refractivity contribution >= 4 is 23.8 Å². The zero-order valence-electron chi connectivity index (χ0n) is 21.7. The van der Waals surface area contributed by atoms with Gasteiger partial charge in [0.05, 0.1) is 18.5 Å². The van der Waals surface area contributed by atoms with Gasteiger partial charge >= 0.3 is 0 Å². The number of aryl methyl sites for hydroxylation is 1. The van der Waals surface area contributed by atoms with Crippen LogP contribution >= 0.6 is 12.4 Å². The molecule has 0 atom stereocenters. The van der Waals surface area contributed by atoms with Crippen molar-refractivity contribution in [3.63, 3.8) is 0 Å². The minimum Gasteiger partial charge on any atom is -0.477 e. The van der Waals surface area contributed by atoms with E-state index in [0.29, 0.717) is 23.7 Å². The molecule has 1 saturated heterocycles. The Hall–Kier alpha value is -2.84. The molecule has 1 amide bonds. The SMILES string of the molecule is Cc1cccc(-c2cn3nc(OCCCN4CCCCC4)cc3c(=O)n2CC(=O)NC(C)(C)C)c1.Cl. The van der Waals surface area contributed by atoms with Gasteiger partial charge in [-0.1, -0.05) is 30.2 Å². The predicted octanol–water partition coefficient (Wildman–Crippen LogP) is 4.06. The van der Waals surface area contributed by atoms with Crippen LogP contribution in [0.2, 0.25) is 0 Å². The van der Waals surface area contributed by atoms with Gasteiger partial charge in [0.1, 0.15) is 12.1 Å². The number of carbonyl (C=O) groups is 1. The average Bonchev–Trinajstić information content (AvgIpc) is 3.21. The van der Waals surface area contributed by atoms with Crippen molar-refractivity contribution in [3.8, 4) is 17.1 Å². The molecule has 3 aromatic rings. The van der Waals surface area contributed by atoms with E-state index in [-0.39, 0.29) is 36.0 Å². The summed E-state index contributed by atoms with van der Waals surface area (Å²) in [6.45, 7) is 11.6. The second-order valence-electron chi connectivity index (χ2n) is 10.5. The number of likely N-dealkylation sites (tertiary alicyclic amines) is 1. The number of aromatic nitrogens is 3. The van der Waals surface area contributed by atoms with Crippen molar-refractivity contribution in [1.29, 1.82) is 0 Å². The van der Waals surface area contributed by atoms with Gasteiger partial charge in [0.25, 0.3) is 5.56 Å². The molecule has 36 heavy (non-hydrogen) atoms. The number of hydrogen-bond acceptors (Lipinski definition) is 5. The van der Waals surface area contributed by atoms with E-state index in [9.17, 15) is 9.59 Å². The number of halogens is 1. The van der Waals surface area contributed by atoms with E-state index in [1.807, 2.05) is 52.0 Å². The van der Waals surface area contributed by atoms with Gasteiger partial charge in [-0.15, -0.1) is 17.5 Å². The maximum atomic E-state index is 13.5. The zero-order chi connectivity index (χ0) is 25.0. The van der Waals surface area contributed by atoms with E-state index in [4.69, 9.17) is 4.74 Å². The van der Waals surface area contributed by atoms with Crippen LogP contribution in [0.3, 0.4) is 0 Å². The lowest BCUT2D eigenvalue weighted by Gasteiger charge is -2.26.